The SMILES string of the molecule is Cc1nc(CC(C)C)c(NC(=O)CNC(=O)[C@@H](N)C(C)C)s1.Cl. The van der Waals surface area contributed by atoms with E-state index in [1.54, 1.807) is 0 Å². The number of aromatic nitrogens is 1. The summed E-state index contributed by atoms with van der Waals surface area (Å²) in [5, 5.41) is 7.06. The van der Waals surface area contributed by atoms with Crippen molar-refractivity contribution in [1.82, 2.24) is 10.3 Å². The van der Waals surface area contributed by atoms with Crippen molar-refractivity contribution in [2.24, 2.45) is 17.6 Å². The molecular weight excluding hydrogens is 336 g/mol. The van der Waals surface area contributed by atoms with Crippen molar-refractivity contribution in [3.05, 3.63) is 10.7 Å². The second kappa shape index (κ2) is 9.85. The van der Waals surface area contributed by atoms with E-state index in [4.69, 9.17) is 5.73 Å². The molecule has 4 N–H and O–H groups in total. The highest BCUT2D eigenvalue weighted by atomic mass is 35.5. The maximum absolute atomic E-state index is 12.0. The zero-order chi connectivity index (χ0) is 16.9. The molecule has 1 rings (SSSR count). The first-order valence-electron chi connectivity index (χ1n) is 7.50. The molecule has 132 valence electrons. The summed E-state index contributed by atoms with van der Waals surface area (Å²) >= 11 is 1.45. The molecule has 0 aromatic carbocycles. The van der Waals surface area contributed by atoms with Crippen molar-refractivity contribution >= 4 is 40.6 Å². The van der Waals surface area contributed by atoms with Gasteiger partial charge in [-0.2, -0.15) is 0 Å². The van der Waals surface area contributed by atoms with Crippen molar-refractivity contribution in [3.8, 4) is 0 Å². The molecule has 0 radical (unpaired) electrons. The van der Waals surface area contributed by atoms with Crippen LogP contribution in [0.25, 0.3) is 0 Å². The van der Waals surface area contributed by atoms with Gasteiger partial charge in [0, 0.05) is 0 Å². The lowest BCUT2D eigenvalue weighted by Crippen LogP contribution is -2.46. The molecule has 8 heteroatoms. The summed E-state index contributed by atoms with van der Waals surface area (Å²) in [6.45, 7) is 9.76. The Morgan fingerprint density at radius 3 is 2.39 bits per heavy atom. The second-order valence-electron chi connectivity index (χ2n) is 6.14. The molecule has 1 heterocycles. The molecule has 0 aliphatic heterocycles. The maximum atomic E-state index is 12.0. The van der Waals surface area contributed by atoms with Crippen molar-refractivity contribution in [1.29, 1.82) is 0 Å². The van der Waals surface area contributed by atoms with Crippen LogP contribution in [0.1, 0.15) is 38.4 Å². The number of hydrogen-bond acceptors (Lipinski definition) is 5. The molecule has 0 unspecified atom stereocenters. The average Bonchev–Trinajstić information content (AvgIpc) is 2.73. The fourth-order valence-electron chi connectivity index (χ4n) is 1.85. The number of carbonyl (C=O) groups excluding carboxylic acids is 2. The van der Waals surface area contributed by atoms with Gasteiger partial charge in [0.25, 0.3) is 0 Å². The topological polar surface area (TPSA) is 97.1 Å². The molecule has 0 aliphatic carbocycles. The largest absolute Gasteiger partial charge is 0.346 e. The second-order valence-corrected chi connectivity index (χ2v) is 7.35. The molecule has 1 aromatic rings. The average molecular weight is 363 g/mol. The van der Waals surface area contributed by atoms with Crippen LogP contribution in [0.5, 0.6) is 0 Å². The normalized spacial score (nSPS) is 12.0. The van der Waals surface area contributed by atoms with Crippen molar-refractivity contribution < 1.29 is 9.59 Å². The molecule has 2 amide bonds. The van der Waals surface area contributed by atoms with Gasteiger partial charge in [-0.05, 0) is 25.2 Å². The Morgan fingerprint density at radius 2 is 1.87 bits per heavy atom. The van der Waals surface area contributed by atoms with E-state index in [2.05, 4.69) is 29.5 Å². The highest BCUT2D eigenvalue weighted by Gasteiger charge is 2.18. The predicted octanol–water partition coefficient (Wildman–Crippen LogP) is 2.11. The number of anilines is 1. The minimum atomic E-state index is -0.602. The van der Waals surface area contributed by atoms with E-state index in [1.165, 1.54) is 11.3 Å². The number of amides is 2. The standard InChI is InChI=1S/C15H26N4O2S.ClH/c1-8(2)6-11-15(22-10(5)18-11)19-12(20)7-17-14(21)13(16)9(3)4;/h8-9,13H,6-7,16H2,1-5H3,(H,17,21)(H,19,20);1H/t13-;/m0./s1. The lowest BCUT2D eigenvalue weighted by Gasteiger charge is -2.15. The van der Waals surface area contributed by atoms with Gasteiger partial charge in [0.1, 0.15) is 5.00 Å². The van der Waals surface area contributed by atoms with Crippen LogP contribution in [0.15, 0.2) is 0 Å². The summed E-state index contributed by atoms with van der Waals surface area (Å²) in [6, 6.07) is -0.602. The Bertz CT molecular complexity index is 532. The van der Waals surface area contributed by atoms with Gasteiger partial charge < -0.3 is 16.4 Å². The summed E-state index contributed by atoms with van der Waals surface area (Å²) in [6.07, 6.45) is 0.810. The van der Waals surface area contributed by atoms with Crippen LogP contribution in [0.3, 0.4) is 0 Å². The van der Waals surface area contributed by atoms with Crippen LogP contribution < -0.4 is 16.4 Å². The van der Waals surface area contributed by atoms with Crippen LogP contribution in [-0.4, -0.2) is 29.4 Å². The summed E-state index contributed by atoms with van der Waals surface area (Å²) in [5.74, 6) is -0.0863. The predicted molar refractivity (Wildman–Crippen MR) is 97.1 cm³/mol. The van der Waals surface area contributed by atoms with Crippen molar-refractivity contribution in [3.63, 3.8) is 0 Å². The van der Waals surface area contributed by atoms with E-state index in [-0.39, 0.29) is 36.7 Å². The highest BCUT2D eigenvalue weighted by Crippen LogP contribution is 2.26. The van der Waals surface area contributed by atoms with E-state index < -0.39 is 6.04 Å². The van der Waals surface area contributed by atoms with Crippen LogP contribution >= 0.6 is 23.7 Å². The third kappa shape index (κ3) is 7.28. The van der Waals surface area contributed by atoms with Gasteiger partial charge in [0.15, 0.2) is 0 Å². The van der Waals surface area contributed by atoms with E-state index in [9.17, 15) is 9.59 Å². The quantitative estimate of drug-likeness (QED) is 0.692. The summed E-state index contributed by atoms with van der Waals surface area (Å²) in [4.78, 5) is 28.1. The van der Waals surface area contributed by atoms with Crippen LogP contribution in [0.2, 0.25) is 0 Å². The number of nitrogens with one attached hydrogen (secondary N) is 2. The Balaban J connectivity index is 0.00000484. The molecule has 0 spiro atoms. The molecule has 0 bridgehead atoms. The van der Waals surface area contributed by atoms with E-state index in [1.807, 2.05) is 20.8 Å². The number of rotatable bonds is 7. The van der Waals surface area contributed by atoms with E-state index >= 15 is 0 Å². The molecule has 23 heavy (non-hydrogen) atoms. The van der Waals surface area contributed by atoms with Gasteiger partial charge >= 0.3 is 0 Å². The molecular formula is C15H27ClN4O2S. The fraction of sp³-hybridized carbons (Fsp3) is 0.667. The van der Waals surface area contributed by atoms with Crippen LogP contribution in [0.4, 0.5) is 5.00 Å². The number of thiazole rings is 1. The Hall–Kier alpha value is -1.18. The van der Waals surface area contributed by atoms with Gasteiger partial charge in [-0.15, -0.1) is 23.7 Å². The fourth-order valence-corrected chi connectivity index (χ4v) is 2.71. The molecule has 6 nitrogen and oxygen atoms in total. The van der Waals surface area contributed by atoms with Gasteiger partial charge in [-0.25, -0.2) is 4.98 Å². The molecule has 0 saturated carbocycles. The molecule has 1 aromatic heterocycles. The number of aryl methyl sites for hydroxylation is 1. The number of halogens is 1. The van der Waals surface area contributed by atoms with Crippen molar-refractivity contribution in [2.45, 2.75) is 47.1 Å². The Morgan fingerprint density at radius 1 is 1.26 bits per heavy atom. The Labute approximate surface area is 148 Å². The smallest absolute Gasteiger partial charge is 0.244 e. The summed E-state index contributed by atoms with van der Waals surface area (Å²) in [7, 11) is 0. The van der Waals surface area contributed by atoms with Crippen molar-refractivity contribution in [2.75, 3.05) is 11.9 Å². The third-order valence-corrected chi connectivity index (χ3v) is 4.03. The molecule has 0 aliphatic rings. The zero-order valence-corrected chi connectivity index (χ0v) is 15.9. The minimum Gasteiger partial charge on any atom is -0.346 e. The van der Waals surface area contributed by atoms with Crippen LogP contribution in [-0.2, 0) is 16.0 Å². The number of hydrogen-bond donors (Lipinski definition) is 3. The molecule has 0 fully saturated rings. The number of carbonyl (C=O) groups is 2. The molecule has 1 atom stereocenters. The number of nitrogens with zero attached hydrogens (tertiary/aromatic N) is 1. The van der Waals surface area contributed by atoms with E-state index in [0.29, 0.717) is 5.92 Å². The lowest BCUT2D eigenvalue weighted by molar-refractivity contribution is -0.125. The van der Waals surface area contributed by atoms with Gasteiger partial charge in [0.2, 0.25) is 11.8 Å². The first kappa shape index (κ1) is 21.8. The first-order valence-corrected chi connectivity index (χ1v) is 8.31. The highest BCUT2D eigenvalue weighted by molar-refractivity contribution is 7.16. The minimum absolute atomic E-state index is 0. The van der Waals surface area contributed by atoms with E-state index in [0.717, 1.165) is 22.1 Å². The number of nitrogens with two attached hydrogens (primary N) is 1. The zero-order valence-electron chi connectivity index (χ0n) is 14.3. The van der Waals surface area contributed by atoms with Gasteiger partial charge in [-0.1, -0.05) is 27.7 Å². The Kier molecular flexibility index (Phi) is 9.34. The molecule has 0 saturated heterocycles. The monoisotopic (exact) mass is 362 g/mol. The lowest BCUT2D eigenvalue weighted by atomic mass is 10.1. The maximum Gasteiger partial charge on any atom is 0.244 e. The third-order valence-electron chi connectivity index (χ3n) is 3.10. The van der Waals surface area contributed by atoms with Gasteiger partial charge in [0.05, 0.1) is 23.3 Å². The van der Waals surface area contributed by atoms with Crippen LogP contribution in [0, 0.1) is 18.8 Å². The first-order chi connectivity index (χ1) is 10.2. The summed E-state index contributed by atoms with van der Waals surface area (Å²) < 4.78 is 0. The van der Waals surface area contributed by atoms with Gasteiger partial charge in [-0.3, -0.25) is 9.59 Å². The summed E-state index contributed by atoms with van der Waals surface area (Å²) in [5.41, 5.74) is 6.63.